The zero-order chi connectivity index (χ0) is 23.2. The van der Waals surface area contributed by atoms with Crippen molar-refractivity contribution in [3.63, 3.8) is 0 Å². The summed E-state index contributed by atoms with van der Waals surface area (Å²) in [5.41, 5.74) is 8.32. The quantitative estimate of drug-likeness (QED) is 0.255. The van der Waals surface area contributed by atoms with Crippen LogP contribution in [0, 0.1) is 0 Å². The van der Waals surface area contributed by atoms with Crippen LogP contribution in [0.5, 0.6) is 0 Å². The molecule has 164 valence electrons. The molecule has 5 aromatic carbocycles. The van der Waals surface area contributed by atoms with Crippen LogP contribution in [-0.4, -0.2) is 16.1 Å². The topological polar surface area (TPSA) is 0 Å². The molecule has 0 saturated heterocycles. The molecule has 1 aliphatic heterocycles. The summed E-state index contributed by atoms with van der Waals surface area (Å²) in [6, 6.07) is 37.0. The molecule has 0 bridgehead atoms. The van der Waals surface area contributed by atoms with Gasteiger partial charge in [-0.3, -0.25) is 0 Å². The molecule has 34 heavy (non-hydrogen) atoms. The lowest BCUT2D eigenvalue weighted by atomic mass is 9.94. The van der Waals surface area contributed by atoms with Gasteiger partial charge in [-0.05, 0) is 44.2 Å². The molecule has 0 nitrogen and oxygen atoms in total. The Kier molecular flexibility index (Phi) is 3.97. The molecule has 0 atom stereocenters. The Hall–Kier alpha value is -3.21. The molecule has 0 fully saturated rings. The van der Waals surface area contributed by atoms with Crippen LogP contribution >= 0.6 is 0 Å². The average molecular weight is 469 g/mol. The fraction of sp³-hybridized carbons (Fsp3) is 0.125. The maximum absolute atomic E-state index is 2.61. The lowest BCUT2D eigenvalue weighted by Gasteiger charge is -2.42. The molecule has 0 unspecified atom stereocenters. The van der Waals surface area contributed by atoms with Crippen LogP contribution in [0.15, 0.2) is 97.1 Å². The Balaban J connectivity index is 1.54. The van der Waals surface area contributed by atoms with Crippen molar-refractivity contribution >= 4 is 47.7 Å². The van der Waals surface area contributed by atoms with Crippen LogP contribution in [0.3, 0.4) is 0 Å². The van der Waals surface area contributed by atoms with E-state index < -0.39 is 16.1 Å². The smallest absolute Gasteiger partial charge is 0.0627 e. The van der Waals surface area contributed by atoms with Crippen LogP contribution in [0.4, 0.5) is 0 Å². The molecule has 2 aliphatic rings. The SMILES string of the molecule is C[Si]1(C)c2ccccc2[Si](C)(C)c2cc3c(cc21)-c1cccc2c(-c4ccccc4)ccc-3c12. The Bertz CT molecular complexity index is 1570. The minimum atomic E-state index is -1.78. The van der Waals surface area contributed by atoms with E-state index in [1.54, 1.807) is 20.7 Å². The van der Waals surface area contributed by atoms with E-state index in [9.17, 15) is 0 Å². The highest BCUT2D eigenvalue weighted by Gasteiger charge is 2.44. The maximum atomic E-state index is 2.61. The van der Waals surface area contributed by atoms with Crippen molar-refractivity contribution in [3.05, 3.63) is 97.1 Å². The molecular weight excluding hydrogens is 441 g/mol. The van der Waals surface area contributed by atoms with Gasteiger partial charge in [0.1, 0.15) is 16.1 Å². The summed E-state index contributed by atoms with van der Waals surface area (Å²) in [6.45, 7) is 10.2. The van der Waals surface area contributed by atoms with E-state index in [0.29, 0.717) is 0 Å². The first-order valence-corrected chi connectivity index (χ1v) is 18.3. The standard InChI is InChI=1S/C32H28Si2/c1-33(2)28-15-8-9-16-29(28)34(3,4)31-20-27-25-18-17-22(21-11-6-5-7-12-21)23-13-10-14-24(32(23)25)26(27)19-30(31)33/h5-20H,1-4H3. The Morgan fingerprint density at radius 3 is 1.56 bits per heavy atom. The van der Waals surface area contributed by atoms with E-state index in [0.717, 1.165) is 0 Å². The molecular formula is C32H28Si2. The van der Waals surface area contributed by atoms with Crippen molar-refractivity contribution in [2.45, 2.75) is 26.2 Å². The van der Waals surface area contributed by atoms with Crippen LogP contribution in [0.25, 0.3) is 44.2 Å². The van der Waals surface area contributed by atoms with E-state index >= 15 is 0 Å². The van der Waals surface area contributed by atoms with E-state index in [1.165, 1.54) is 44.2 Å². The summed E-state index contributed by atoms with van der Waals surface area (Å²) in [7, 11) is -3.56. The summed E-state index contributed by atoms with van der Waals surface area (Å²) >= 11 is 0. The summed E-state index contributed by atoms with van der Waals surface area (Å²) in [5.74, 6) is 0. The number of hydrogen-bond donors (Lipinski definition) is 0. The van der Waals surface area contributed by atoms with E-state index in [2.05, 4.69) is 123 Å². The molecule has 7 rings (SSSR count). The fourth-order valence-electron chi connectivity index (χ4n) is 6.67. The van der Waals surface area contributed by atoms with Gasteiger partial charge in [-0.15, -0.1) is 0 Å². The lowest BCUT2D eigenvalue weighted by Crippen LogP contribution is -2.77. The highest BCUT2D eigenvalue weighted by molar-refractivity contribution is 7.16. The van der Waals surface area contributed by atoms with Gasteiger partial charge in [0.25, 0.3) is 0 Å². The Morgan fingerprint density at radius 1 is 0.412 bits per heavy atom. The van der Waals surface area contributed by atoms with Crippen molar-refractivity contribution in [2.24, 2.45) is 0 Å². The van der Waals surface area contributed by atoms with Crippen LogP contribution in [0.1, 0.15) is 0 Å². The van der Waals surface area contributed by atoms with Crippen molar-refractivity contribution in [2.75, 3.05) is 0 Å². The number of hydrogen-bond acceptors (Lipinski definition) is 0. The molecule has 1 heterocycles. The third kappa shape index (κ3) is 2.48. The van der Waals surface area contributed by atoms with Gasteiger partial charge in [0.2, 0.25) is 0 Å². The Morgan fingerprint density at radius 2 is 0.941 bits per heavy atom. The summed E-state index contributed by atoms with van der Waals surface area (Å²) in [6.07, 6.45) is 0. The Labute approximate surface area is 203 Å². The van der Waals surface area contributed by atoms with Gasteiger partial charge in [-0.1, -0.05) is 144 Å². The van der Waals surface area contributed by atoms with Gasteiger partial charge in [-0.2, -0.15) is 0 Å². The third-order valence-electron chi connectivity index (χ3n) is 8.48. The first kappa shape index (κ1) is 20.2. The molecule has 0 radical (unpaired) electrons. The van der Waals surface area contributed by atoms with Crippen molar-refractivity contribution in [3.8, 4) is 33.4 Å². The maximum Gasteiger partial charge on any atom is 0.111 e. The largest absolute Gasteiger partial charge is 0.111 e. The molecule has 1 aliphatic carbocycles. The van der Waals surface area contributed by atoms with E-state index in [-0.39, 0.29) is 0 Å². The molecule has 0 amide bonds. The normalized spacial score (nSPS) is 16.1. The van der Waals surface area contributed by atoms with Crippen molar-refractivity contribution < 1.29 is 0 Å². The first-order chi connectivity index (χ1) is 16.4. The third-order valence-corrected chi connectivity index (χ3v) is 16.1. The number of fused-ring (bicyclic) bond motifs is 5. The first-order valence-electron chi connectivity index (χ1n) is 12.3. The van der Waals surface area contributed by atoms with Gasteiger partial charge in [-0.25, -0.2) is 0 Å². The minimum absolute atomic E-state index is 1.29. The second-order valence-corrected chi connectivity index (χ2v) is 19.6. The van der Waals surface area contributed by atoms with E-state index in [1.807, 2.05) is 0 Å². The van der Waals surface area contributed by atoms with Gasteiger partial charge in [0.15, 0.2) is 0 Å². The average Bonchev–Trinajstić information content (AvgIpc) is 3.18. The zero-order valence-corrected chi connectivity index (χ0v) is 22.2. The van der Waals surface area contributed by atoms with Gasteiger partial charge < -0.3 is 0 Å². The predicted octanol–water partition coefficient (Wildman–Crippen LogP) is 6.11. The van der Waals surface area contributed by atoms with Gasteiger partial charge in [0.05, 0.1) is 0 Å². The molecule has 5 aromatic rings. The second kappa shape index (κ2) is 6.68. The van der Waals surface area contributed by atoms with Gasteiger partial charge >= 0.3 is 0 Å². The fourth-order valence-corrected chi connectivity index (χ4v) is 16.0. The van der Waals surface area contributed by atoms with E-state index in [4.69, 9.17) is 0 Å². The molecule has 0 aromatic heterocycles. The molecule has 2 heteroatoms. The second-order valence-electron chi connectivity index (χ2n) is 11.0. The summed E-state index contributed by atoms with van der Waals surface area (Å²) in [5, 5.41) is 9.42. The van der Waals surface area contributed by atoms with Crippen molar-refractivity contribution in [1.29, 1.82) is 0 Å². The van der Waals surface area contributed by atoms with Crippen LogP contribution in [0.2, 0.25) is 26.2 Å². The van der Waals surface area contributed by atoms with Crippen LogP contribution < -0.4 is 20.7 Å². The number of rotatable bonds is 1. The molecule has 0 saturated carbocycles. The monoisotopic (exact) mass is 468 g/mol. The van der Waals surface area contributed by atoms with Crippen molar-refractivity contribution in [1.82, 2.24) is 0 Å². The van der Waals surface area contributed by atoms with Crippen LogP contribution in [-0.2, 0) is 0 Å². The highest BCUT2D eigenvalue weighted by atomic mass is 28.3. The molecule has 0 spiro atoms. The van der Waals surface area contributed by atoms with Gasteiger partial charge in [0, 0.05) is 0 Å². The highest BCUT2D eigenvalue weighted by Crippen LogP contribution is 2.49. The zero-order valence-electron chi connectivity index (χ0n) is 20.2. The lowest BCUT2D eigenvalue weighted by molar-refractivity contribution is 1.63. The summed E-state index contributed by atoms with van der Waals surface area (Å²) in [4.78, 5) is 0. The summed E-state index contributed by atoms with van der Waals surface area (Å²) < 4.78 is 0. The molecule has 0 N–H and O–H groups in total. The predicted molar refractivity (Wildman–Crippen MR) is 154 cm³/mol. The number of benzene rings is 5. The minimum Gasteiger partial charge on any atom is -0.0627 e.